The lowest BCUT2D eigenvalue weighted by Gasteiger charge is -2.35. The van der Waals surface area contributed by atoms with E-state index in [9.17, 15) is 9.59 Å². The number of likely N-dealkylation sites (tertiary alicyclic amines) is 1. The molecule has 1 aromatic carbocycles. The third kappa shape index (κ3) is 7.06. The van der Waals surface area contributed by atoms with Crippen LogP contribution in [0.25, 0.3) is 0 Å². The van der Waals surface area contributed by atoms with Gasteiger partial charge in [0.2, 0.25) is 0 Å². The van der Waals surface area contributed by atoms with Gasteiger partial charge in [-0.25, -0.2) is 4.79 Å². The van der Waals surface area contributed by atoms with E-state index in [0.29, 0.717) is 18.8 Å². The SMILES string of the molecule is CCc1ccc(OCC(=O)N2CCCC(CN(C)C(=O)OC(C)(C)C)C2)cc1. The van der Waals surface area contributed by atoms with Crippen LogP contribution in [0.4, 0.5) is 4.79 Å². The highest BCUT2D eigenvalue weighted by atomic mass is 16.6. The van der Waals surface area contributed by atoms with Gasteiger partial charge in [-0.1, -0.05) is 19.1 Å². The van der Waals surface area contributed by atoms with Crippen LogP contribution in [-0.4, -0.2) is 60.7 Å². The summed E-state index contributed by atoms with van der Waals surface area (Å²) in [7, 11) is 1.75. The minimum absolute atomic E-state index is 0.0100. The average molecular weight is 391 g/mol. The molecule has 0 aromatic heterocycles. The highest BCUT2D eigenvalue weighted by Gasteiger charge is 2.27. The number of rotatable bonds is 6. The summed E-state index contributed by atoms with van der Waals surface area (Å²) >= 11 is 0. The Bertz CT molecular complexity index is 651. The zero-order valence-electron chi connectivity index (χ0n) is 17.9. The van der Waals surface area contributed by atoms with Crippen LogP contribution in [0.3, 0.4) is 0 Å². The highest BCUT2D eigenvalue weighted by molar-refractivity contribution is 5.78. The number of hydrogen-bond acceptors (Lipinski definition) is 4. The summed E-state index contributed by atoms with van der Waals surface area (Å²) in [6.45, 7) is 9.68. The van der Waals surface area contributed by atoms with Crippen LogP contribution in [0.2, 0.25) is 0 Å². The van der Waals surface area contributed by atoms with E-state index in [0.717, 1.165) is 25.8 Å². The summed E-state index contributed by atoms with van der Waals surface area (Å²) in [5.74, 6) is 0.951. The number of piperidine rings is 1. The predicted octanol–water partition coefficient (Wildman–Crippen LogP) is 3.73. The first-order valence-corrected chi connectivity index (χ1v) is 10.1. The molecule has 1 saturated heterocycles. The van der Waals surface area contributed by atoms with Crippen molar-refractivity contribution in [2.45, 2.75) is 52.6 Å². The van der Waals surface area contributed by atoms with Gasteiger partial charge >= 0.3 is 6.09 Å². The van der Waals surface area contributed by atoms with Crippen LogP contribution < -0.4 is 4.74 Å². The fourth-order valence-corrected chi connectivity index (χ4v) is 3.30. The Morgan fingerprint density at radius 3 is 2.50 bits per heavy atom. The maximum atomic E-state index is 12.5. The lowest BCUT2D eigenvalue weighted by atomic mass is 9.97. The van der Waals surface area contributed by atoms with E-state index in [2.05, 4.69) is 6.92 Å². The lowest BCUT2D eigenvalue weighted by Crippen LogP contribution is -2.46. The summed E-state index contributed by atoms with van der Waals surface area (Å²) in [4.78, 5) is 28.2. The van der Waals surface area contributed by atoms with Crippen molar-refractivity contribution < 1.29 is 19.1 Å². The molecule has 1 aliphatic rings. The van der Waals surface area contributed by atoms with Crippen LogP contribution in [0.1, 0.15) is 46.1 Å². The van der Waals surface area contributed by atoms with Gasteiger partial charge in [-0.3, -0.25) is 4.79 Å². The molecule has 1 atom stereocenters. The van der Waals surface area contributed by atoms with Crippen LogP contribution >= 0.6 is 0 Å². The second-order valence-corrected chi connectivity index (χ2v) is 8.50. The molecule has 1 heterocycles. The quantitative estimate of drug-likeness (QED) is 0.743. The van der Waals surface area contributed by atoms with Crippen molar-refractivity contribution in [2.24, 2.45) is 5.92 Å². The van der Waals surface area contributed by atoms with E-state index >= 15 is 0 Å². The molecule has 6 heteroatoms. The number of hydrogen-bond donors (Lipinski definition) is 0. The van der Waals surface area contributed by atoms with Crippen molar-refractivity contribution in [3.8, 4) is 5.75 Å². The molecule has 0 N–H and O–H groups in total. The van der Waals surface area contributed by atoms with Gasteiger partial charge in [-0.2, -0.15) is 0 Å². The van der Waals surface area contributed by atoms with Crippen molar-refractivity contribution >= 4 is 12.0 Å². The molecule has 6 nitrogen and oxygen atoms in total. The second-order valence-electron chi connectivity index (χ2n) is 8.50. The molecular formula is C22H34N2O4. The third-order valence-corrected chi connectivity index (χ3v) is 4.80. The van der Waals surface area contributed by atoms with Gasteiger partial charge in [0.1, 0.15) is 11.4 Å². The Labute approximate surface area is 168 Å². The number of benzene rings is 1. The van der Waals surface area contributed by atoms with E-state index in [1.165, 1.54) is 5.56 Å². The Morgan fingerprint density at radius 2 is 1.89 bits per heavy atom. The second kappa shape index (κ2) is 9.80. The van der Waals surface area contributed by atoms with Gasteiger partial charge in [0.25, 0.3) is 5.91 Å². The van der Waals surface area contributed by atoms with Gasteiger partial charge in [0, 0.05) is 26.7 Å². The zero-order chi connectivity index (χ0) is 20.7. The summed E-state index contributed by atoms with van der Waals surface area (Å²) in [5, 5.41) is 0. The number of amides is 2. The van der Waals surface area contributed by atoms with Gasteiger partial charge in [0.05, 0.1) is 0 Å². The fraction of sp³-hybridized carbons (Fsp3) is 0.636. The fourth-order valence-electron chi connectivity index (χ4n) is 3.30. The standard InChI is InChI=1S/C22H34N2O4/c1-6-17-9-11-19(12-10-17)27-16-20(25)24-13-7-8-18(15-24)14-23(5)21(26)28-22(2,3)4/h9-12,18H,6-8,13-16H2,1-5H3. The molecule has 2 rings (SSSR count). The summed E-state index contributed by atoms with van der Waals surface area (Å²) in [5.41, 5.74) is 0.735. The van der Waals surface area contributed by atoms with Gasteiger partial charge < -0.3 is 19.3 Å². The van der Waals surface area contributed by atoms with Crippen molar-refractivity contribution in [1.29, 1.82) is 0 Å². The maximum absolute atomic E-state index is 12.5. The third-order valence-electron chi connectivity index (χ3n) is 4.80. The van der Waals surface area contributed by atoms with E-state index in [1.54, 1.807) is 11.9 Å². The lowest BCUT2D eigenvalue weighted by molar-refractivity contribution is -0.135. The smallest absolute Gasteiger partial charge is 0.410 e. The van der Waals surface area contributed by atoms with E-state index in [-0.39, 0.29) is 24.5 Å². The number of nitrogens with zero attached hydrogens (tertiary/aromatic N) is 2. The van der Waals surface area contributed by atoms with E-state index < -0.39 is 5.60 Å². The van der Waals surface area contributed by atoms with Gasteiger partial charge in [0.15, 0.2) is 6.61 Å². The number of aryl methyl sites for hydroxylation is 1. The van der Waals surface area contributed by atoms with Gasteiger partial charge in [-0.15, -0.1) is 0 Å². The molecule has 28 heavy (non-hydrogen) atoms. The molecule has 1 unspecified atom stereocenters. The Kier molecular flexibility index (Phi) is 7.72. The predicted molar refractivity (Wildman–Crippen MR) is 109 cm³/mol. The monoisotopic (exact) mass is 390 g/mol. The highest BCUT2D eigenvalue weighted by Crippen LogP contribution is 2.19. The zero-order valence-corrected chi connectivity index (χ0v) is 17.9. The largest absolute Gasteiger partial charge is 0.484 e. The molecule has 1 fully saturated rings. The molecule has 1 aliphatic heterocycles. The minimum atomic E-state index is -0.507. The van der Waals surface area contributed by atoms with Crippen LogP contribution in [-0.2, 0) is 16.0 Å². The van der Waals surface area contributed by atoms with Crippen LogP contribution in [0, 0.1) is 5.92 Å². The van der Waals surface area contributed by atoms with Crippen molar-refractivity contribution in [1.82, 2.24) is 9.80 Å². The van der Waals surface area contributed by atoms with Gasteiger partial charge in [-0.05, 0) is 63.6 Å². The van der Waals surface area contributed by atoms with E-state index in [1.807, 2.05) is 49.9 Å². The molecule has 0 aliphatic carbocycles. The molecule has 0 spiro atoms. The van der Waals surface area contributed by atoms with Crippen molar-refractivity contribution in [3.63, 3.8) is 0 Å². The average Bonchev–Trinajstić information content (AvgIpc) is 2.65. The molecule has 156 valence electrons. The topological polar surface area (TPSA) is 59.1 Å². The maximum Gasteiger partial charge on any atom is 0.410 e. The van der Waals surface area contributed by atoms with Crippen LogP contribution in [0.5, 0.6) is 5.75 Å². The first-order chi connectivity index (χ1) is 13.2. The molecule has 0 saturated carbocycles. The van der Waals surface area contributed by atoms with Crippen molar-refractivity contribution in [3.05, 3.63) is 29.8 Å². The first-order valence-electron chi connectivity index (χ1n) is 10.1. The molecule has 0 bridgehead atoms. The Morgan fingerprint density at radius 1 is 1.21 bits per heavy atom. The van der Waals surface area contributed by atoms with Crippen LogP contribution in [0.15, 0.2) is 24.3 Å². The normalized spacial score (nSPS) is 17.2. The van der Waals surface area contributed by atoms with Crippen molar-refractivity contribution in [2.75, 3.05) is 33.3 Å². The molecule has 1 aromatic rings. The first kappa shape index (κ1) is 22.1. The molecule has 2 amide bonds. The summed E-state index contributed by atoms with van der Waals surface area (Å²) in [6, 6.07) is 7.84. The number of carbonyl (C=O) groups is 2. The number of ether oxygens (including phenoxy) is 2. The Hall–Kier alpha value is -2.24. The summed E-state index contributed by atoms with van der Waals surface area (Å²) < 4.78 is 11.1. The number of carbonyl (C=O) groups excluding carboxylic acids is 2. The Balaban J connectivity index is 1.81. The summed E-state index contributed by atoms with van der Waals surface area (Å²) in [6.07, 6.45) is 2.58. The molecular weight excluding hydrogens is 356 g/mol. The van der Waals surface area contributed by atoms with E-state index in [4.69, 9.17) is 9.47 Å². The minimum Gasteiger partial charge on any atom is -0.484 e. The molecule has 0 radical (unpaired) electrons.